The van der Waals surface area contributed by atoms with Crippen molar-refractivity contribution >= 4 is 18.0 Å². The summed E-state index contributed by atoms with van der Waals surface area (Å²) in [5, 5.41) is 0. The van der Waals surface area contributed by atoms with Gasteiger partial charge in [0.1, 0.15) is 12.1 Å². The number of amides is 1. The number of ether oxygens (including phenoxy) is 7. The lowest BCUT2D eigenvalue weighted by molar-refractivity contribution is -0.133. The Morgan fingerprint density at radius 3 is 1.79 bits per heavy atom. The number of rotatable bonds is 34. The van der Waals surface area contributed by atoms with Crippen LogP contribution >= 0.6 is 0 Å². The van der Waals surface area contributed by atoms with E-state index in [1.54, 1.807) is 0 Å². The van der Waals surface area contributed by atoms with Crippen molar-refractivity contribution in [1.82, 2.24) is 4.90 Å². The molecule has 0 bridgehead atoms. The second kappa shape index (κ2) is 32.8. The number of carbonyl (C=O) groups excluding carboxylic acids is 3. The minimum absolute atomic E-state index is 0.130. The fourth-order valence-corrected chi connectivity index (χ4v) is 7.60. The van der Waals surface area contributed by atoms with E-state index in [1.807, 2.05) is 37.8 Å². The molecule has 1 aliphatic heterocycles. The minimum atomic E-state index is -0.130. The number of carbonyl (C=O) groups is 3. The molecule has 2 aliphatic rings. The summed E-state index contributed by atoms with van der Waals surface area (Å²) in [5.41, 5.74) is 1.12. The lowest BCUT2D eigenvalue weighted by atomic mass is 9.81. The molecule has 1 aliphatic carbocycles. The first-order valence-corrected chi connectivity index (χ1v) is 22.3. The Balaban J connectivity index is 1.39. The highest BCUT2D eigenvalue weighted by molar-refractivity contribution is 5.82. The van der Waals surface area contributed by atoms with Crippen molar-refractivity contribution in [3.8, 4) is 0 Å². The highest BCUT2D eigenvalue weighted by Gasteiger charge is 2.27. The number of hydrogen-bond donors (Lipinski definition) is 0. The van der Waals surface area contributed by atoms with E-state index in [2.05, 4.69) is 20.4 Å². The number of allylic oxidation sites excluding steroid dienone is 3. The van der Waals surface area contributed by atoms with Gasteiger partial charge >= 0.3 is 0 Å². The number of Topliss-reactive ketones (excluding diaryl/α,β-unsaturated/α-hetero) is 1. The van der Waals surface area contributed by atoms with Gasteiger partial charge in [0.2, 0.25) is 5.91 Å². The van der Waals surface area contributed by atoms with E-state index in [-0.39, 0.29) is 29.6 Å². The highest BCUT2D eigenvalue weighted by Crippen LogP contribution is 2.35. The zero-order valence-corrected chi connectivity index (χ0v) is 36.6. The van der Waals surface area contributed by atoms with Crippen LogP contribution in [0.25, 0.3) is 0 Å². The quantitative estimate of drug-likeness (QED) is 0.0277. The van der Waals surface area contributed by atoms with Crippen molar-refractivity contribution in [3.63, 3.8) is 0 Å². The molecule has 6 atom stereocenters. The fraction of sp³-hybridized carbons (Fsp3) is 0.848. The normalized spacial score (nSPS) is 21.2. The average molecular weight is 808 g/mol. The molecule has 0 N–H and O–H groups in total. The molecule has 1 saturated heterocycles. The fourth-order valence-electron chi connectivity index (χ4n) is 7.60. The Hall–Kier alpha value is -1.99. The summed E-state index contributed by atoms with van der Waals surface area (Å²) in [6.07, 6.45) is 16.5. The standard InChI is InChI=1S/C46H81NO10/c1-7-8-42(36-45(49)41(6)35-40(5)38(3)17-21-48)10-11-43-12-14-44(13-9-39(43)4)57-34-33-56-32-31-55-30-29-54-28-27-53-26-25-52-24-23-51-22-18-46(50)47-19-15-37(2)16-20-47/h7,21,35,37-39,41-44H,1,8-20,22-34,36H2,2-6H3/b40-35+. The summed E-state index contributed by atoms with van der Waals surface area (Å²) in [6.45, 7) is 23.0. The van der Waals surface area contributed by atoms with E-state index in [0.717, 1.165) is 88.7 Å². The topological polar surface area (TPSA) is 119 Å². The van der Waals surface area contributed by atoms with Crippen LogP contribution < -0.4 is 0 Å². The lowest BCUT2D eigenvalue weighted by Gasteiger charge is -2.30. The predicted octanol–water partition coefficient (Wildman–Crippen LogP) is 7.69. The van der Waals surface area contributed by atoms with E-state index in [9.17, 15) is 14.4 Å². The van der Waals surface area contributed by atoms with Gasteiger partial charge in [0, 0.05) is 31.8 Å². The van der Waals surface area contributed by atoms with Crippen LogP contribution in [0.3, 0.4) is 0 Å². The van der Waals surface area contributed by atoms with E-state index >= 15 is 0 Å². The zero-order chi connectivity index (χ0) is 41.5. The van der Waals surface area contributed by atoms with Gasteiger partial charge in [0.15, 0.2) is 0 Å². The zero-order valence-electron chi connectivity index (χ0n) is 36.6. The van der Waals surface area contributed by atoms with Crippen LogP contribution in [0.2, 0.25) is 0 Å². The molecular formula is C46H81NO10. The highest BCUT2D eigenvalue weighted by atomic mass is 16.6. The van der Waals surface area contributed by atoms with Gasteiger partial charge in [-0.15, -0.1) is 6.58 Å². The smallest absolute Gasteiger partial charge is 0.224 e. The Morgan fingerprint density at radius 2 is 1.25 bits per heavy atom. The maximum absolute atomic E-state index is 13.1. The second-order valence-corrected chi connectivity index (χ2v) is 16.5. The Morgan fingerprint density at radius 1 is 0.719 bits per heavy atom. The van der Waals surface area contributed by atoms with Crippen LogP contribution in [-0.4, -0.2) is 128 Å². The van der Waals surface area contributed by atoms with Crippen LogP contribution in [0.5, 0.6) is 0 Å². The van der Waals surface area contributed by atoms with Gasteiger partial charge in [-0.2, -0.15) is 0 Å². The molecule has 0 aromatic rings. The molecular weight excluding hydrogens is 727 g/mol. The van der Waals surface area contributed by atoms with E-state index < -0.39 is 0 Å². The van der Waals surface area contributed by atoms with Crippen molar-refractivity contribution in [2.75, 3.05) is 99.0 Å². The van der Waals surface area contributed by atoms with Crippen LogP contribution in [0.1, 0.15) is 112 Å². The van der Waals surface area contributed by atoms with Crippen molar-refractivity contribution < 1.29 is 47.5 Å². The third kappa shape index (κ3) is 24.6. The maximum Gasteiger partial charge on any atom is 0.224 e. The molecule has 0 aromatic heterocycles. The summed E-state index contributed by atoms with van der Waals surface area (Å²) >= 11 is 0. The molecule has 57 heavy (non-hydrogen) atoms. The van der Waals surface area contributed by atoms with Gasteiger partial charge in [0.25, 0.3) is 0 Å². The molecule has 11 heteroatoms. The predicted molar refractivity (Wildman–Crippen MR) is 225 cm³/mol. The Bertz CT molecular complexity index is 1090. The van der Waals surface area contributed by atoms with E-state index in [1.165, 1.54) is 0 Å². The second-order valence-electron chi connectivity index (χ2n) is 16.5. The third-order valence-electron chi connectivity index (χ3n) is 11.8. The summed E-state index contributed by atoms with van der Waals surface area (Å²) < 4.78 is 39.7. The molecule has 0 radical (unpaired) electrons. The Kier molecular flexibility index (Phi) is 29.4. The van der Waals surface area contributed by atoms with Crippen molar-refractivity contribution in [3.05, 3.63) is 24.3 Å². The SMILES string of the molecule is C=CCC(CCC1CCC(OCCOCCOCCOCCOCCOCCOCCC(=O)N2CCC(C)CC2)CCC1C)CC(=O)C(C)/C=C(\C)C(C)CC=O. The van der Waals surface area contributed by atoms with Crippen LogP contribution in [-0.2, 0) is 47.5 Å². The van der Waals surface area contributed by atoms with Gasteiger partial charge in [-0.05, 0) is 94.3 Å². The van der Waals surface area contributed by atoms with E-state index in [4.69, 9.17) is 33.2 Å². The van der Waals surface area contributed by atoms with Crippen molar-refractivity contribution in [2.45, 2.75) is 118 Å². The molecule has 330 valence electrons. The van der Waals surface area contributed by atoms with Crippen LogP contribution in [0, 0.1) is 35.5 Å². The number of piperidine rings is 1. The largest absolute Gasteiger partial charge is 0.379 e. The first-order valence-electron chi connectivity index (χ1n) is 22.3. The maximum atomic E-state index is 13.1. The third-order valence-corrected chi connectivity index (χ3v) is 11.8. The van der Waals surface area contributed by atoms with Gasteiger partial charge < -0.3 is 42.9 Å². The molecule has 0 spiro atoms. The van der Waals surface area contributed by atoms with Gasteiger partial charge in [0.05, 0.1) is 98.4 Å². The molecule has 2 rings (SSSR count). The number of nitrogens with zero attached hydrogens (tertiary/aromatic N) is 1. The van der Waals surface area contributed by atoms with Crippen molar-refractivity contribution in [2.24, 2.45) is 35.5 Å². The summed E-state index contributed by atoms with van der Waals surface area (Å²) in [7, 11) is 0. The van der Waals surface area contributed by atoms with E-state index in [0.29, 0.717) is 123 Å². The average Bonchev–Trinajstić information content (AvgIpc) is 3.37. The molecule has 11 nitrogen and oxygen atoms in total. The first-order chi connectivity index (χ1) is 27.6. The van der Waals surface area contributed by atoms with Crippen molar-refractivity contribution in [1.29, 1.82) is 0 Å². The van der Waals surface area contributed by atoms with Gasteiger partial charge in [-0.3, -0.25) is 9.59 Å². The number of aldehydes is 1. The lowest BCUT2D eigenvalue weighted by Crippen LogP contribution is -2.38. The molecule has 1 saturated carbocycles. The first kappa shape index (κ1) is 51.2. The molecule has 6 unspecified atom stereocenters. The number of ketones is 1. The molecule has 2 fully saturated rings. The molecule has 1 amide bonds. The minimum Gasteiger partial charge on any atom is -0.379 e. The molecule has 0 aromatic carbocycles. The van der Waals surface area contributed by atoms with Gasteiger partial charge in [-0.25, -0.2) is 0 Å². The number of hydrogen-bond acceptors (Lipinski definition) is 10. The summed E-state index contributed by atoms with van der Waals surface area (Å²) in [5.74, 6) is 2.85. The monoisotopic (exact) mass is 808 g/mol. The summed E-state index contributed by atoms with van der Waals surface area (Å²) in [4.78, 5) is 38.2. The van der Waals surface area contributed by atoms with Gasteiger partial charge in [-0.1, -0.05) is 45.4 Å². The van der Waals surface area contributed by atoms with Crippen LogP contribution in [0.4, 0.5) is 0 Å². The summed E-state index contributed by atoms with van der Waals surface area (Å²) in [6, 6.07) is 0. The Labute approximate surface area is 346 Å². The number of likely N-dealkylation sites (tertiary alicyclic amines) is 1. The molecule has 1 heterocycles. The van der Waals surface area contributed by atoms with Crippen LogP contribution in [0.15, 0.2) is 24.3 Å².